The maximum absolute atomic E-state index is 10.7. The minimum atomic E-state index is 0.433. The van der Waals surface area contributed by atoms with Gasteiger partial charge in [0.25, 0.3) is 0 Å². The Kier molecular flexibility index (Phi) is 5.50. The lowest BCUT2D eigenvalue weighted by atomic mass is 10.2. The minimum absolute atomic E-state index is 0.433. The van der Waals surface area contributed by atoms with Gasteiger partial charge in [-0.25, -0.2) is 0 Å². The van der Waals surface area contributed by atoms with Gasteiger partial charge in [0.2, 0.25) is 0 Å². The summed E-state index contributed by atoms with van der Waals surface area (Å²) in [6.07, 6.45) is 1.85. The Morgan fingerprint density at radius 2 is 2.29 bits per heavy atom. The quantitative estimate of drug-likeness (QED) is 0.598. The molecule has 17 heavy (non-hydrogen) atoms. The second-order valence-electron chi connectivity index (χ2n) is 3.26. The van der Waals surface area contributed by atoms with Crippen LogP contribution >= 0.6 is 15.9 Å². The number of nitrogens with zero attached hydrogens (tertiary/aromatic N) is 1. The minimum Gasteiger partial charge on any atom is -0.493 e. The first kappa shape index (κ1) is 13.5. The number of halogens is 1. The Labute approximate surface area is 108 Å². The van der Waals surface area contributed by atoms with Gasteiger partial charge in [0, 0.05) is 12.0 Å². The summed E-state index contributed by atoms with van der Waals surface area (Å²) in [4.78, 5) is 10.7. The van der Waals surface area contributed by atoms with E-state index in [9.17, 15) is 4.79 Å². The van der Waals surface area contributed by atoms with Crippen LogP contribution in [0.4, 0.5) is 0 Å². The number of rotatable bonds is 6. The summed E-state index contributed by atoms with van der Waals surface area (Å²) in [5.74, 6) is 1.05. The number of carbonyl (C=O) groups excluding carboxylic acids is 1. The van der Waals surface area contributed by atoms with Gasteiger partial charge in [0.05, 0.1) is 24.3 Å². The molecule has 90 valence electrons. The lowest BCUT2D eigenvalue weighted by molar-refractivity contribution is 0.112. The number of methoxy groups -OCH3 is 1. The fourth-order valence-electron chi connectivity index (χ4n) is 1.27. The molecule has 1 rings (SSSR count). The molecule has 0 aromatic heterocycles. The van der Waals surface area contributed by atoms with Crippen LogP contribution in [0.5, 0.6) is 11.5 Å². The molecular formula is C12H12BrNO3. The summed E-state index contributed by atoms with van der Waals surface area (Å²) in [7, 11) is 1.51. The molecule has 0 aliphatic rings. The third-order valence-electron chi connectivity index (χ3n) is 2.07. The molecule has 0 heterocycles. The zero-order valence-corrected chi connectivity index (χ0v) is 11.0. The van der Waals surface area contributed by atoms with Crippen molar-refractivity contribution in [2.24, 2.45) is 0 Å². The van der Waals surface area contributed by atoms with Crippen molar-refractivity contribution in [3.05, 3.63) is 22.2 Å². The Morgan fingerprint density at radius 1 is 1.53 bits per heavy atom. The maximum Gasteiger partial charge on any atom is 0.175 e. The summed E-state index contributed by atoms with van der Waals surface area (Å²) in [6, 6.07) is 5.32. The molecule has 0 fully saturated rings. The number of hydrogen-bond donors (Lipinski definition) is 0. The normalized spacial score (nSPS) is 9.47. The first-order valence-corrected chi connectivity index (χ1v) is 5.84. The number of ether oxygens (including phenoxy) is 2. The SMILES string of the molecule is COc1cc(C=O)cc(Br)c1OCCCC#N. The molecule has 0 N–H and O–H groups in total. The number of unbranched alkanes of at least 4 members (excludes halogenated alkanes) is 1. The molecule has 0 saturated heterocycles. The molecule has 5 heteroatoms. The van der Waals surface area contributed by atoms with Crippen LogP contribution in [0.2, 0.25) is 0 Å². The van der Waals surface area contributed by atoms with Gasteiger partial charge in [-0.1, -0.05) is 0 Å². The highest BCUT2D eigenvalue weighted by atomic mass is 79.9. The fourth-order valence-corrected chi connectivity index (χ4v) is 1.85. The number of carbonyl (C=O) groups is 1. The van der Waals surface area contributed by atoms with Gasteiger partial charge in [-0.2, -0.15) is 5.26 Å². The van der Waals surface area contributed by atoms with E-state index in [2.05, 4.69) is 15.9 Å². The molecule has 0 aliphatic heterocycles. The Bertz CT molecular complexity index is 440. The topological polar surface area (TPSA) is 59.3 Å². The molecule has 0 spiro atoms. The number of benzene rings is 1. The molecule has 0 amide bonds. The Morgan fingerprint density at radius 3 is 2.88 bits per heavy atom. The predicted octanol–water partition coefficient (Wildman–Crippen LogP) is 2.95. The molecule has 1 aromatic carbocycles. The van der Waals surface area contributed by atoms with Crippen molar-refractivity contribution >= 4 is 22.2 Å². The molecular weight excluding hydrogens is 286 g/mol. The summed E-state index contributed by atoms with van der Waals surface area (Å²) >= 11 is 3.32. The number of nitriles is 1. The van der Waals surface area contributed by atoms with E-state index < -0.39 is 0 Å². The first-order chi connectivity index (χ1) is 8.22. The molecule has 1 aromatic rings. The highest BCUT2D eigenvalue weighted by Crippen LogP contribution is 2.36. The van der Waals surface area contributed by atoms with Crippen LogP contribution in [-0.2, 0) is 0 Å². The van der Waals surface area contributed by atoms with Gasteiger partial charge < -0.3 is 9.47 Å². The lowest BCUT2D eigenvalue weighted by Gasteiger charge is -2.12. The molecule has 0 unspecified atom stereocenters. The van der Waals surface area contributed by atoms with Gasteiger partial charge in [0.1, 0.15) is 6.29 Å². The molecule has 0 aliphatic carbocycles. The second kappa shape index (κ2) is 6.92. The smallest absolute Gasteiger partial charge is 0.175 e. The van der Waals surface area contributed by atoms with E-state index in [0.29, 0.717) is 41.0 Å². The summed E-state index contributed by atoms with van der Waals surface area (Å²) in [5, 5.41) is 8.41. The van der Waals surface area contributed by atoms with Crippen LogP contribution in [0.3, 0.4) is 0 Å². The highest BCUT2D eigenvalue weighted by Gasteiger charge is 2.11. The largest absolute Gasteiger partial charge is 0.493 e. The van der Waals surface area contributed by atoms with E-state index in [1.165, 1.54) is 7.11 Å². The van der Waals surface area contributed by atoms with E-state index in [1.54, 1.807) is 12.1 Å². The standard InChI is InChI=1S/C12H12BrNO3/c1-16-11-7-9(8-15)6-10(13)12(11)17-5-3-2-4-14/h6-8H,2-3,5H2,1H3. The zero-order valence-electron chi connectivity index (χ0n) is 9.40. The highest BCUT2D eigenvalue weighted by molar-refractivity contribution is 9.10. The van der Waals surface area contributed by atoms with E-state index in [1.807, 2.05) is 6.07 Å². The van der Waals surface area contributed by atoms with Crippen LogP contribution in [0.25, 0.3) is 0 Å². The average molecular weight is 298 g/mol. The van der Waals surface area contributed by atoms with Crippen LogP contribution in [0.15, 0.2) is 16.6 Å². The van der Waals surface area contributed by atoms with Crippen molar-refractivity contribution in [1.82, 2.24) is 0 Å². The molecule has 0 radical (unpaired) electrons. The Balaban J connectivity index is 2.83. The van der Waals surface area contributed by atoms with Gasteiger partial charge in [-0.3, -0.25) is 4.79 Å². The molecule has 0 atom stereocenters. The second-order valence-corrected chi connectivity index (χ2v) is 4.12. The molecule has 4 nitrogen and oxygen atoms in total. The van der Waals surface area contributed by atoms with Crippen molar-refractivity contribution in [2.75, 3.05) is 13.7 Å². The van der Waals surface area contributed by atoms with Crippen molar-refractivity contribution in [2.45, 2.75) is 12.8 Å². The van der Waals surface area contributed by atoms with Gasteiger partial charge >= 0.3 is 0 Å². The van der Waals surface area contributed by atoms with Gasteiger partial charge in [-0.15, -0.1) is 0 Å². The van der Waals surface area contributed by atoms with E-state index in [4.69, 9.17) is 14.7 Å². The molecule has 0 saturated carbocycles. The van der Waals surface area contributed by atoms with E-state index in [-0.39, 0.29) is 0 Å². The average Bonchev–Trinajstić information content (AvgIpc) is 2.35. The fraction of sp³-hybridized carbons (Fsp3) is 0.333. The van der Waals surface area contributed by atoms with E-state index >= 15 is 0 Å². The first-order valence-electron chi connectivity index (χ1n) is 5.05. The van der Waals surface area contributed by atoms with Crippen molar-refractivity contribution < 1.29 is 14.3 Å². The predicted molar refractivity (Wildman–Crippen MR) is 66.4 cm³/mol. The van der Waals surface area contributed by atoms with E-state index in [0.717, 1.165) is 6.29 Å². The number of aldehydes is 1. The van der Waals surface area contributed by atoms with Crippen molar-refractivity contribution in [3.63, 3.8) is 0 Å². The third-order valence-corrected chi connectivity index (χ3v) is 2.66. The van der Waals surface area contributed by atoms with Crippen LogP contribution in [0, 0.1) is 11.3 Å². The summed E-state index contributed by atoms with van der Waals surface area (Å²) in [6.45, 7) is 0.433. The molecule has 0 bridgehead atoms. The monoisotopic (exact) mass is 297 g/mol. The van der Waals surface area contributed by atoms with Crippen molar-refractivity contribution in [1.29, 1.82) is 5.26 Å². The van der Waals surface area contributed by atoms with Crippen molar-refractivity contribution in [3.8, 4) is 17.6 Å². The lowest BCUT2D eigenvalue weighted by Crippen LogP contribution is -2.00. The van der Waals surface area contributed by atoms with Crippen LogP contribution in [-0.4, -0.2) is 20.0 Å². The zero-order chi connectivity index (χ0) is 12.7. The van der Waals surface area contributed by atoms with Gasteiger partial charge in [0.15, 0.2) is 11.5 Å². The summed E-state index contributed by atoms with van der Waals surface area (Å²) < 4.78 is 11.3. The maximum atomic E-state index is 10.7. The summed E-state index contributed by atoms with van der Waals surface area (Å²) in [5.41, 5.74) is 0.512. The Hall–Kier alpha value is -1.54. The van der Waals surface area contributed by atoms with Crippen LogP contribution in [0.1, 0.15) is 23.2 Å². The number of hydrogen-bond acceptors (Lipinski definition) is 4. The van der Waals surface area contributed by atoms with Gasteiger partial charge in [-0.05, 0) is 34.5 Å². The third kappa shape index (κ3) is 3.75. The van der Waals surface area contributed by atoms with Crippen LogP contribution < -0.4 is 9.47 Å².